The molecule has 0 aromatic heterocycles. The Balaban J connectivity index is 3.53. The minimum atomic E-state index is -4.09. The summed E-state index contributed by atoms with van der Waals surface area (Å²) in [4.78, 5) is 10.7. The highest BCUT2D eigenvalue weighted by Crippen LogP contribution is 2.37. The number of halogens is 2. The van der Waals surface area contributed by atoms with Gasteiger partial charge in [0.05, 0.1) is 13.2 Å². The normalized spacial score (nSPS) is 16.3. The minimum absolute atomic E-state index is 0.0510. The molecule has 68 valence electrons. The van der Waals surface area contributed by atoms with Crippen LogP contribution in [-0.2, 0) is 13.6 Å². The lowest BCUT2D eigenvalue weighted by Gasteiger charge is -2.21. The van der Waals surface area contributed by atoms with Crippen LogP contribution >= 0.6 is 35.4 Å². The van der Waals surface area contributed by atoms with Crippen molar-refractivity contribution in [3.05, 3.63) is 0 Å². The highest BCUT2D eigenvalue weighted by molar-refractivity contribution is 9.09. The van der Waals surface area contributed by atoms with E-state index in [0.29, 0.717) is 5.33 Å². The molecule has 7 heteroatoms. The third-order valence-electron chi connectivity index (χ3n) is 0.653. The van der Waals surface area contributed by atoms with E-state index in [2.05, 4.69) is 25.0 Å². The van der Waals surface area contributed by atoms with Gasteiger partial charge in [-0.25, -0.2) is 0 Å². The first kappa shape index (κ1) is 11.9. The maximum absolute atomic E-state index is 10.7. The molecule has 0 aliphatic carbocycles. The third-order valence-corrected chi connectivity index (χ3v) is 2.13. The molecule has 0 saturated heterocycles. The summed E-state index contributed by atoms with van der Waals surface area (Å²) in [6, 6.07) is 0. The van der Waals surface area contributed by atoms with Crippen molar-refractivity contribution in [1.82, 2.24) is 0 Å². The van der Waals surface area contributed by atoms with Gasteiger partial charge in [0, 0.05) is 11.2 Å². The van der Waals surface area contributed by atoms with Crippen LogP contribution in [0.1, 0.15) is 0 Å². The van der Waals surface area contributed by atoms with E-state index in [1.54, 1.807) is 0 Å². The van der Waals surface area contributed by atoms with Crippen LogP contribution in [0.5, 0.6) is 0 Å². The van der Waals surface area contributed by atoms with E-state index in [9.17, 15) is 9.46 Å². The molecule has 0 heterocycles. The molecule has 0 rings (SSSR count). The average molecular weight is 266 g/mol. The monoisotopic (exact) mass is 265 g/mol. The Morgan fingerprint density at radius 3 is 2.45 bits per heavy atom. The van der Waals surface area contributed by atoms with Gasteiger partial charge in [0.15, 0.2) is 0 Å². The van der Waals surface area contributed by atoms with Gasteiger partial charge < -0.3 is 13.9 Å². The lowest BCUT2D eigenvalue weighted by atomic mass is 10.9. The zero-order chi connectivity index (χ0) is 8.74. The first-order valence-electron chi connectivity index (χ1n) is 2.84. The van der Waals surface area contributed by atoms with Crippen LogP contribution in [0.2, 0.25) is 0 Å². The van der Waals surface area contributed by atoms with Crippen LogP contribution in [-0.4, -0.2) is 24.4 Å². The molecule has 0 amide bonds. The van der Waals surface area contributed by atoms with Crippen molar-refractivity contribution in [1.29, 1.82) is 0 Å². The second-order valence-electron chi connectivity index (χ2n) is 1.49. The SMILES string of the molecule is O=P([O-])(OCCCl)OCCBr. The molecule has 0 N–H and O–H groups in total. The van der Waals surface area contributed by atoms with Gasteiger partial charge in [-0.3, -0.25) is 4.57 Å². The van der Waals surface area contributed by atoms with Crippen molar-refractivity contribution in [2.45, 2.75) is 0 Å². The number of hydrogen-bond acceptors (Lipinski definition) is 4. The van der Waals surface area contributed by atoms with Gasteiger partial charge in [0.1, 0.15) is 0 Å². The summed E-state index contributed by atoms with van der Waals surface area (Å²) in [5, 5.41) is 0.448. The topological polar surface area (TPSA) is 58.6 Å². The number of phosphoric ester groups is 1. The molecular formula is C4H8BrClO4P-. The molecule has 1 atom stereocenters. The zero-order valence-corrected chi connectivity index (χ0v) is 8.90. The van der Waals surface area contributed by atoms with Gasteiger partial charge >= 0.3 is 0 Å². The maximum atomic E-state index is 10.7. The van der Waals surface area contributed by atoms with Crippen molar-refractivity contribution in [3.8, 4) is 0 Å². The van der Waals surface area contributed by atoms with E-state index in [4.69, 9.17) is 11.6 Å². The Hall–Kier alpha value is 0.880. The highest BCUT2D eigenvalue weighted by atomic mass is 79.9. The molecule has 0 radical (unpaired) electrons. The summed E-state index contributed by atoms with van der Waals surface area (Å²) in [5.41, 5.74) is 0. The lowest BCUT2D eigenvalue weighted by Crippen LogP contribution is -2.10. The predicted octanol–water partition coefficient (Wildman–Crippen LogP) is 1.12. The van der Waals surface area contributed by atoms with Crippen molar-refractivity contribution < 1.29 is 18.5 Å². The Morgan fingerprint density at radius 1 is 1.45 bits per heavy atom. The van der Waals surface area contributed by atoms with E-state index >= 15 is 0 Å². The van der Waals surface area contributed by atoms with E-state index in [1.807, 2.05) is 0 Å². The highest BCUT2D eigenvalue weighted by Gasteiger charge is 2.06. The molecular weight excluding hydrogens is 258 g/mol. The molecule has 11 heavy (non-hydrogen) atoms. The van der Waals surface area contributed by atoms with Crippen LogP contribution in [0.3, 0.4) is 0 Å². The van der Waals surface area contributed by atoms with Gasteiger partial charge in [-0.1, -0.05) is 15.9 Å². The van der Waals surface area contributed by atoms with E-state index < -0.39 is 7.82 Å². The summed E-state index contributed by atoms with van der Waals surface area (Å²) in [6.07, 6.45) is 0. The molecule has 1 unspecified atom stereocenters. The number of rotatable bonds is 6. The van der Waals surface area contributed by atoms with Crippen molar-refractivity contribution in [2.75, 3.05) is 24.4 Å². The molecule has 0 aliphatic heterocycles. The third kappa shape index (κ3) is 7.25. The summed E-state index contributed by atoms with van der Waals surface area (Å²) in [7, 11) is -4.09. The van der Waals surface area contributed by atoms with Crippen LogP contribution in [0.15, 0.2) is 0 Å². The lowest BCUT2D eigenvalue weighted by molar-refractivity contribution is -0.224. The molecule has 0 bridgehead atoms. The van der Waals surface area contributed by atoms with E-state index in [0.717, 1.165) is 0 Å². The fourth-order valence-corrected chi connectivity index (χ4v) is 1.63. The molecule has 4 nitrogen and oxygen atoms in total. The predicted molar refractivity (Wildman–Crippen MR) is 44.0 cm³/mol. The van der Waals surface area contributed by atoms with Crippen molar-refractivity contribution in [3.63, 3.8) is 0 Å². The molecule has 0 fully saturated rings. The Kier molecular flexibility index (Phi) is 6.91. The zero-order valence-electron chi connectivity index (χ0n) is 5.66. The first-order valence-corrected chi connectivity index (χ1v) is 5.96. The van der Waals surface area contributed by atoms with Gasteiger partial charge in [0.25, 0.3) is 7.82 Å². The second-order valence-corrected chi connectivity index (χ2v) is 4.07. The molecule has 0 aromatic rings. The average Bonchev–Trinajstić information content (AvgIpc) is 1.97. The van der Waals surface area contributed by atoms with Crippen LogP contribution < -0.4 is 4.89 Å². The van der Waals surface area contributed by atoms with Crippen molar-refractivity contribution >= 4 is 35.4 Å². The van der Waals surface area contributed by atoms with Gasteiger partial charge in [-0.05, 0) is 0 Å². The number of phosphoric acid groups is 1. The van der Waals surface area contributed by atoms with Crippen LogP contribution in [0.25, 0.3) is 0 Å². The first-order chi connectivity index (χ1) is 5.12. The molecule has 0 aliphatic rings. The minimum Gasteiger partial charge on any atom is -0.756 e. The summed E-state index contributed by atoms with van der Waals surface area (Å²) in [5.74, 6) is 0.129. The molecule has 0 spiro atoms. The summed E-state index contributed by atoms with van der Waals surface area (Å²) >= 11 is 8.20. The summed E-state index contributed by atoms with van der Waals surface area (Å²) in [6.45, 7) is 0.0215. The van der Waals surface area contributed by atoms with Gasteiger partial charge in [0.2, 0.25) is 0 Å². The largest absolute Gasteiger partial charge is 0.756 e. The van der Waals surface area contributed by atoms with E-state index in [1.165, 1.54) is 0 Å². The van der Waals surface area contributed by atoms with Gasteiger partial charge in [-0.2, -0.15) is 0 Å². The standard InChI is InChI=1S/C4H9BrClO4P/c5-1-3-9-11(7,8)10-4-2-6/h1-4H2,(H,7,8)/p-1. The molecule has 0 aromatic carbocycles. The van der Waals surface area contributed by atoms with Gasteiger partial charge in [-0.15, -0.1) is 11.6 Å². The van der Waals surface area contributed by atoms with Crippen LogP contribution in [0.4, 0.5) is 0 Å². The second kappa shape index (κ2) is 6.40. The number of alkyl halides is 2. The fourth-order valence-electron chi connectivity index (χ4n) is 0.330. The Bertz CT molecular complexity index is 132. The van der Waals surface area contributed by atoms with E-state index in [-0.39, 0.29) is 19.1 Å². The van der Waals surface area contributed by atoms with Crippen LogP contribution in [0, 0.1) is 0 Å². The Morgan fingerprint density at radius 2 is 2.00 bits per heavy atom. The maximum Gasteiger partial charge on any atom is 0.267 e. The van der Waals surface area contributed by atoms with Crippen molar-refractivity contribution in [2.24, 2.45) is 0 Å². The quantitative estimate of drug-likeness (QED) is 0.534. The summed E-state index contributed by atoms with van der Waals surface area (Å²) < 4.78 is 19.3. The Labute approximate surface area is 78.6 Å². The fraction of sp³-hybridized carbons (Fsp3) is 1.00. The molecule has 0 saturated carbocycles. The smallest absolute Gasteiger partial charge is 0.267 e. The number of hydrogen-bond donors (Lipinski definition) is 0.